The third-order valence-electron chi connectivity index (χ3n) is 7.36. The highest BCUT2D eigenvalue weighted by atomic mass is 19.4. The molecule has 1 aromatic carbocycles. The summed E-state index contributed by atoms with van der Waals surface area (Å²) in [6.45, 7) is 5.67. The van der Waals surface area contributed by atoms with Gasteiger partial charge in [-0.25, -0.2) is 9.78 Å². The number of rotatable bonds is 5. The molecule has 1 aliphatic heterocycles. The Hall–Kier alpha value is -3.73. The number of amides is 1. The molecular formula is C29H31F3N6O2. The molecule has 3 aromatic heterocycles. The molecule has 2 atom stereocenters. The fourth-order valence-electron chi connectivity index (χ4n) is 5.34. The number of pyridine rings is 2. The number of alkyl halides is 3. The van der Waals surface area contributed by atoms with Gasteiger partial charge in [0.15, 0.2) is 17.5 Å². The molecule has 11 heteroatoms. The number of aromatic nitrogens is 4. The molecule has 210 valence electrons. The lowest BCUT2D eigenvalue weighted by Gasteiger charge is -2.38. The Bertz CT molecular complexity index is 1570. The molecule has 1 N–H and O–H groups in total. The minimum atomic E-state index is -4.76. The van der Waals surface area contributed by atoms with Gasteiger partial charge in [-0.3, -0.25) is 9.30 Å². The largest absolute Gasteiger partial charge is 0.444 e. The van der Waals surface area contributed by atoms with Crippen LogP contribution in [0.2, 0.25) is 0 Å². The van der Waals surface area contributed by atoms with Crippen LogP contribution in [0.15, 0.2) is 48.7 Å². The Balaban J connectivity index is 1.43. The Morgan fingerprint density at radius 3 is 2.52 bits per heavy atom. The van der Waals surface area contributed by atoms with Crippen molar-refractivity contribution < 1.29 is 22.7 Å². The Morgan fingerprint density at radius 1 is 1.07 bits per heavy atom. The van der Waals surface area contributed by atoms with Crippen molar-refractivity contribution in [3.05, 3.63) is 59.8 Å². The first-order valence-electron chi connectivity index (χ1n) is 13.5. The molecule has 0 radical (unpaired) electrons. The molecule has 4 aromatic rings. The van der Waals surface area contributed by atoms with Gasteiger partial charge >= 0.3 is 12.3 Å². The molecule has 1 saturated heterocycles. The molecule has 40 heavy (non-hydrogen) atoms. The van der Waals surface area contributed by atoms with Gasteiger partial charge in [0.2, 0.25) is 0 Å². The van der Waals surface area contributed by atoms with Gasteiger partial charge in [-0.15, -0.1) is 10.2 Å². The molecule has 2 aliphatic rings. The van der Waals surface area contributed by atoms with Crippen molar-refractivity contribution >= 4 is 22.6 Å². The van der Waals surface area contributed by atoms with Crippen molar-refractivity contribution in [2.24, 2.45) is 0 Å². The topological polar surface area (TPSA) is 84.7 Å². The maximum absolute atomic E-state index is 14.8. The van der Waals surface area contributed by atoms with Crippen molar-refractivity contribution in [3.63, 3.8) is 0 Å². The fraction of sp³-hybridized carbons (Fsp3) is 0.448. The van der Waals surface area contributed by atoms with Crippen molar-refractivity contribution in [1.29, 1.82) is 0 Å². The van der Waals surface area contributed by atoms with E-state index in [-0.39, 0.29) is 12.1 Å². The smallest absolute Gasteiger partial charge is 0.413 e. The lowest BCUT2D eigenvalue weighted by Crippen LogP contribution is -2.50. The Kier molecular flexibility index (Phi) is 6.44. The van der Waals surface area contributed by atoms with Crippen LogP contribution < -0.4 is 5.32 Å². The monoisotopic (exact) mass is 552 g/mol. The average Bonchev–Trinajstić information content (AvgIpc) is 3.43. The van der Waals surface area contributed by atoms with Crippen molar-refractivity contribution in [1.82, 2.24) is 29.8 Å². The molecule has 2 fully saturated rings. The van der Waals surface area contributed by atoms with E-state index in [0.29, 0.717) is 36.0 Å². The quantitative estimate of drug-likeness (QED) is 0.326. The molecular weight excluding hydrogens is 521 g/mol. The summed E-state index contributed by atoms with van der Waals surface area (Å²) in [6.07, 6.45) is -1.69. The molecule has 0 bridgehead atoms. The standard InChI is InChI=1S/C29H31F3N6O2/c1-28(2,3)40-27(39)38(21-12-13-33-15-21)25(29(30,31)32)20-9-11-24-35-36-26(37(24)16-20)22-10-8-18-6-7-19(17-4-5-17)14-23(18)34-22/h6-11,14,16-17,21,25,33H,4-5,12-13,15H2,1-3H3/t21-,25?/m0/s1. The molecule has 0 spiro atoms. The first-order valence-corrected chi connectivity index (χ1v) is 13.5. The molecule has 1 amide bonds. The molecule has 1 saturated carbocycles. The number of ether oxygens (including phenoxy) is 1. The van der Waals surface area contributed by atoms with Gasteiger partial charge in [-0.05, 0) is 76.3 Å². The highest BCUT2D eigenvalue weighted by Gasteiger charge is 2.50. The number of nitrogens with zero attached hydrogens (tertiary/aromatic N) is 5. The summed E-state index contributed by atoms with van der Waals surface area (Å²) in [5.41, 5.74) is 1.84. The number of hydrogen-bond donors (Lipinski definition) is 1. The number of carbonyl (C=O) groups is 1. The zero-order valence-electron chi connectivity index (χ0n) is 22.6. The van der Waals surface area contributed by atoms with Crippen molar-refractivity contribution in [2.75, 3.05) is 13.1 Å². The van der Waals surface area contributed by atoms with Crippen LogP contribution in [0, 0.1) is 0 Å². The number of carbonyl (C=O) groups excluding carboxylic acids is 1. The summed E-state index contributed by atoms with van der Waals surface area (Å²) in [4.78, 5) is 18.9. The summed E-state index contributed by atoms with van der Waals surface area (Å²) in [7, 11) is 0. The number of halogens is 3. The van der Waals surface area contributed by atoms with E-state index >= 15 is 0 Å². The number of hydrogen-bond acceptors (Lipinski definition) is 6. The molecule has 1 aliphatic carbocycles. The summed E-state index contributed by atoms with van der Waals surface area (Å²) >= 11 is 0. The van der Waals surface area contributed by atoms with Crippen LogP contribution in [-0.2, 0) is 4.74 Å². The van der Waals surface area contributed by atoms with Crippen LogP contribution in [0.3, 0.4) is 0 Å². The summed E-state index contributed by atoms with van der Waals surface area (Å²) in [6, 6.07) is 9.87. The SMILES string of the molecule is CC(C)(C)OC(=O)N(C(c1ccc2nnc(-c3ccc4ccc(C5CC5)cc4n3)n2c1)C(F)(F)F)[C@H]1CCNC1. The van der Waals surface area contributed by atoms with Crippen LogP contribution >= 0.6 is 0 Å². The third-order valence-corrected chi connectivity index (χ3v) is 7.36. The van der Waals surface area contributed by atoms with E-state index in [2.05, 4.69) is 27.6 Å². The van der Waals surface area contributed by atoms with E-state index in [0.717, 1.165) is 15.8 Å². The third kappa shape index (κ3) is 5.22. The zero-order chi connectivity index (χ0) is 28.2. The lowest BCUT2D eigenvalue weighted by atomic mass is 10.0. The van der Waals surface area contributed by atoms with E-state index in [1.165, 1.54) is 41.1 Å². The van der Waals surface area contributed by atoms with E-state index in [4.69, 9.17) is 9.72 Å². The average molecular weight is 553 g/mol. The van der Waals surface area contributed by atoms with Crippen molar-refractivity contribution in [3.8, 4) is 11.5 Å². The van der Waals surface area contributed by atoms with Gasteiger partial charge in [-0.1, -0.05) is 24.3 Å². The van der Waals surface area contributed by atoms with E-state index < -0.39 is 30.0 Å². The highest BCUT2D eigenvalue weighted by Crippen LogP contribution is 2.42. The molecule has 4 heterocycles. The van der Waals surface area contributed by atoms with E-state index in [1.807, 2.05) is 12.1 Å². The predicted octanol–water partition coefficient (Wildman–Crippen LogP) is 6.02. The summed E-state index contributed by atoms with van der Waals surface area (Å²) < 4.78 is 51.4. The maximum atomic E-state index is 14.8. The van der Waals surface area contributed by atoms with Gasteiger partial charge in [0.05, 0.1) is 5.52 Å². The maximum Gasteiger partial charge on any atom is 0.413 e. The normalized spacial score (nSPS) is 18.8. The van der Waals surface area contributed by atoms with Gasteiger partial charge in [-0.2, -0.15) is 13.2 Å². The second-order valence-corrected chi connectivity index (χ2v) is 11.6. The van der Waals surface area contributed by atoms with E-state index in [9.17, 15) is 18.0 Å². The van der Waals surface area contributed by atoms with E-state index in [1.54, 1.807) is 26.8 Å². The first-order chi connectivity index (χ1) is 19.0. The van der Waals surface area contributed by atoms with Gasteiger partial charge in [0.1, 0.15) is 11.3 Å². The number of nitrogens with one attached hydrogen (secondary N) is 1. The predicted molar refractivity (Wildman–Crippen MR) is 144 cm³/mol. The summed E-state index contributed by atoms with van der Waals surface area (Å²) in [5, 5.41) is 12.5. The van der Waals surface area contributed by atoms with Crippen LogP contribution in [0.4, 0.5) is 18.0 Å². The minimum absolute atomic E-state index is 0.115. The van der Waals surface area contributed by atoms with Gasteiger partial charge < -0.3 is 10.1 Å². The van der Waals surface area contributed by atoms with Gasteiger partial charge in [0, 0.05) is 29.7 Å². The fourth-order valence-corrected chi connectivity index (χ4v) is 5.34. The summed E-state index contributed by atoms with van der Waals surface area (Å²) in [5.74, 6) is 0.886. The number of fused-ring (bicyclic) bond motifs is 2. The second kappa shape index (κ2) is 9.72. The molecule has 1 unspecified atom stereocenters. The van der Waals surface area contributed by atoms with Crippen LogP contribution in [0.1, 0.15) is 63.1 Å². The Labute approximate surface area is 229 Å². The zero-order valence-corrected chi connectivity index (χ0v) is 22.6. The van der Waals surface area contributed by atoms with Crippen LogP contribution in [0.5, 0.6) is 0 Å². The van der Waals surface area contributed by atoms with Gasteiger partial charge in [0.25, 0.3) is 0 Å². The first kappa shape index (κ1) is 26.5. The number of benzene rings is 1. The van der Waals surface area contributed by atoms with Crippen molar-refractivity contribution in [2.45, 2.75) is 69.8 Å². The minimum Gasteiger partial charge on any atom is -0.444 e. The highest BCUT2D eigenvalue weighted by molar-refractivity contribution is 5.82. The lowest BCUT2D eigenvalue weighted by molar-refractivity contribution is -0.188. The molecule has 6 rings (SSSR count). The Morgan fingerprint density at radius 2 is 1.85 bits per heavy atom. The second-order valence-electron chi connectivity index (χ2n) is 11.6. The molecule has 8 nitrogen and oxygen atoms in total. The van der Waals surface area contributed by atoms with Crippen LogP contribution in [-0.4, -0.2) is 61.5 Å². The van der Waals surface area contributed by atoms with Crippen LogP contribution in [0.25, 0.3) is 28.1 Å².